The molecular weight excluding hydrogens is 274 g/mol. The van der Waals surface area contributed by atoms with Gasteiger partial charge in [0.15, 0.2) is 0 Å². The summed E-state index contributed by atoms with van der Waals surface area (Å²) >= 11 is 0. The third kappa shape index (κ3) is 1.97. The number of carbonyl (C=O) groups is 4. The van der Waals surface area contributed by atoms with E-state index in [0.717, 1.165) is 4.90 Å². The summed E-state index contributed by atoms with van der Waals surface area (Å²) in [5.74, 6) is -2.13. The van der Waals surface area contributed by atoms with Crippen LogP contribution in [-0.2, 0) is 19.2 Å². The van der Waals surface area contributed by atoms with E-state index in [4.69, 9.17) is 5.73 Å². The number of hydrogen-bond donors (Lipinski definition) is 2. The van der Waals surface area contributed by atoms with Gasteiger partial charge in [0.05, 0.1) is 11.1 Å². The molecule has 7 heteroatoms. The molecule has 0 aromatic heterocycles. The van der Waals surface area contributed by atoms with Gasteiger partial charge in [-0.2, -0.15) is 0 Å². The molecule has 4 amide bonds. The third-order valence-electron chi connectivity index (χ3n) is 3.73. The maximum Gasteiger partial charge on any atom is 0.264 e. The topological polar surface area (TPSA) is 110 Å². The number of amides is 4. The van der Waals surface area contributed by atoms with Gasteiger partial charge in [-0.25, -0.2) is 0 Å². The van der Waals surface area contributed by atoms with Crippen molar-refractivity contribution in [2.24, 2.45) is 5.73 Å². The predicted molar refractivity (Wildman–Crippen MR) is 71.1 cm³/mol. The number of nitrogens with zero attached hydrogens (tertiary/aromatic N) is 1. The average Bonchev–Trinajstić information content (AvgIpc) is 2.58. The second-order valence-electron chi connectivity index (χ2n) is 5.06. The second-order valence-corrected chi connectivity index (χ2v) is 5.06. The lowest BCUT2D eigenvalue weighted by Crippen LogP contribution is -2.54. The summed E-state index contributed by atoms with van der Waals surface area (Å²) in [4.78, 5) is 48.9. The number of allylic oxidation sites excluding steroid dienone is 3. The Labute approximate surface area is 120 Å². The second kappa shape index (κ2) is 4.69. The number of likely N-dealkylation sites (tertiary alicyclic amines) is 1. The summed E-state index contributed by atoms with van der Waals surface area (Å²) in [7, 11) is 0. The lowest BCUT2D eigenvalue weighted by atomic mass is 10.0. The lowest BCUT2D eigenvalue weighted by molar-refractivity contribution is -0.149. The molecule has 3 N–H and O–H groups in total. The molecule has 1 unspecified atom stereocenters. The monoisotopic (exact) mass is 287 g/mol. The van der Waals surface area contributed by atoms with Crippen LogP contribution in [0.25, 0.3) is 0 Å². The Bertz CT molecular complexity index is 672. The van der Waals surface area contributed by atoms with Gasteiger partial charge in [0, 0.05) is 18.5 Å². The molecule has 21 heavy (non-hydrogen) atoms. The van der Waals surface area contributed by atoms with E-state index < -0.39 is 29.7 Å². The van der Waals surface area contributed by atoms with Crippen LogP contribution in [0.2, 0.25) is 0 Å². The molecule has 2 saturated heterocycles. The van der Waals surface area contributed by atoms with Gasteiger partial charge in [-0.3, -0.25) is 29.4 Å². The number of carbonyl (C=O) groups excluding carboxylic acids is 4. The molecule has 2 aliphatic heterocycles. The first-order chi connectivity index (χ1) is 10.0. The molecule has 3 aliphatic rings. The predicted octanol–water partition coefficient (Wildman–Crippen LogP) is -0.741. The van der Waals surface area contributed by atoms with E-state index in [2.05, 4.69) is 5.32 Å². The molecule has 1 aliphatic carbocycles. The molecule has 1 atom stereocenters. The SMILES string of the molecule is NC1=C2C(=O)N(C3CCC(=O)NC3=O)C(=O)C2=CC=CC1. The van der Waals surface area contributed by atoms with Gasteiger partial charge in [0.25, 0.3) is 11.8 Å². The lowest BCUT2D eigenvalue weighted by Gasteiger charge is -2.27. The van der Waals surface area contributed by atoms with Gasteiger partial charge in [0.1, 0.15) is 6.04 Å². The van der Waals surface area contributed by atoms with Gasteiger partial charge < -0.3 is 5.73 Å². The van der Waals surface area contributed by atoms with Gasteiger partial charge in [0.2, 0.25) is 11.8 Å². The number of hydrogen-bond acceptors (Lipinski definition) is 5. The zero-order valence-electron chi connectivity index (χ0n) is 11.1. The van der Waals surface area contributed by atoms with E-state index >= 15 is 0 Å². The fraction of sp³-hybridized carbons (Fsp3) is 0.286. The summed E-state index contributed by atoms with van der Waals surface area (Å²) in [6.45, 7) is 0. The van der Waals surface area contributed by atoms with Crippen molar-refractivity contribution in [3.05, 3.63) is 35.1 Å². The Hall–Kier alpha value is -2.70. The highest BCUT2D eigenvalue weighted by Crippen LogP contribution is 2.32. The molecule has 7 nitrogen and oxygen atoms in total. The van der Waals surface area contributed by atoms with Gasteiger partial charge in [-0.1, -0.05) is 12.2 Å². The smallest absolute Gasteiger partial charge is 0.264 e. The summed E-state index contributed by atoms with van der Waals surface area (Å²) in [6, 6.07) is -0.959. The van der Waals surface area contributed by atoms with Crippen LogP contribution in [-0.4, -0.2) is 34.6 Å². The Morgan fingerprint density at radius 1 is 1.19 bits per heavy atom. The van der Waals surface area contributed by atoms with E-state index in [1.165, 1.54) is 6.08 Å². The van der Waals surface area contributed by atoms with Crippen LogP contribution in [0.3, 0.4) is 0 Å². The largest absolute Gasteiger partial charge is 0.401 e. The molecule has 0 saturated carbocycles. The molecular formula is C14H13N3O4. The van der Waals surface area contributed by atoms with Gasteiger partial charge in [-0.15, -0.1) is 0 Å². The van der Waals surface area contributed by atoms with Crippen LogP contribution in [0.5, 0.6) is 0 Å². The van der Waals surface area contributed by atoms with Crippen molar-refractivity contribution in [1.29, 1.82) is 0 Å². The Balaban J connectivity index is 2.01. The van der Waals surface area contributed by atoms with Crippen molar-refractivity contribution in [2.75, 3.05) is 0 Å². The van der Waals surface area contributed by atoms with E-state index in [-0.39, 0.29) is 24.0 Å². The summed E-state index contributed by atoms with van der Waals surface area (Å²) in [6.07, 6.45) is 5.55. The fourth-order valence-electron chi connectivity index (χ4n) is 2.70. The molecule has 2 heterocycles. The van der Waals surface area contributed by atoms with Crippen molar-refractivity contribution in [2.45, 2.75) is 25.3 Å². The standard InChI is InChI=1S/C14H13N3O4/c15-8-4-2-1-3-7-11(8)14(21)17(13(7)20)9-5-6-10(18)16-12(9)19/h1-3,9H,4-6,15H2,(H,16,18,19). The normalized spacial score (nSPS) is 25.8. The van der Waals surface area contributed by atoms with Crippen molar-refractivity contribution < 1.29 is 19.2 Å². The van der Waals surface area contributed by atoms with Crippen molar-refractivity contribution >= 4 is 23.6 Å². The number of nitrogens with one attached hydrogen (secondary N) is 1. The molecule has 3 rings (SSSR count). The Morgan fingerprint density at radius 2 is 1.95 bits per heavy atom. The minimum atomic E-state index is -0.959. The number of fused-ring (bicyclic) bond motifs is 1. The van der Waals surface area contributed by atoms with Gasteiger partial charge >= 0.3 is 0 Å². The number of nitrogens with two attached hydrogens (primary N) is 1. The molecule has 0 radical (unpaired) electrons. The van der Waals surface area contributed by atoms with Crippen LogP contribution in [0, 0.1) is 0 Å². The number of imide groups is 2. The van der Waals surface area contributed by atoms with E-state index in [0.29, 0.717) is 12.1 Å². The average molecular weight is 287 g/mol. The molecule has 108 valence electrons. The summed E-state index contributed by atoms with van der Waals surface area (Å²) in [5.41, 5.74) is 6.53. The van der Waals surface area contributed by atoms with Crippen LogP contribution >= 0.6 is 0 Å². The molecule has 0 aromatic rings. The Morgan fingerprint density at radius 3 is 2.67 bits per heavy atom. The molecule has 2 fully saturated rings. The zero-order chi connectivity index (χ0) is 15.1. The third-order valence-corrected chi connectivity index (χ3v) is 3.73. The van der Waals surface area contributed by atoms with E-state index in [1.54, 1.807) is 12.2 Å². The maximum absolute atomic E-state index is 12.5. The highest BCUT2D eigenvalue weighted by Gasteiger charge is 2.47. The Kier molecular flexibility index (Phi) is 2.97. The maximum atomic E-state index is 12.5. The minimum Gasteiger partial charge on any atom is -0.401 e. The molecule has 0 spiro atoms. The van der Waals surface area contributed by atoms with Crippen LogP contribution in [0.4, 0.5) is 0 Å². The van der Waals surface area contributed by atoms with Crippen molar-refractivity contribution in [3.63, 3.8) is 0 Å². The van der Waals surface area contributed by atoms with E-state index in [9.17, 15) is 19.2 Å². The first-order valence-electron chi connectivity index (χ1n) is 6.58. The molecule has 0 aromatic carbocycles. The molecule has 0 bridgehead atoms. The first-order valence-corrected chi connectivity index (χ1v) is 6.58. The zero-order valence-corrected chi connectivity index (χ0v) is 11.1. The van der Waals surface area contributed by atoms with Crippen LogP contribution in [0.15, 0.2) is 35.1 Å². The minimum absolute atomic E-state index is 0.0982. The van der Waals surface area contributed by atoms with E-state index in [1.807, 2.05) is 0 Å². The number of rotatable bonds is 1. The van der Waals surface area contributed by atoms with Crippen molar-refractivity contribution in [1.82, 2.24) is 10.2 Å². The van der Waals surface area contributed by atoms with Crippen LogP contribution < -0.4 is 11.1 Å². The van der Waals surface area contributed by atoms with Crippen LogP contribution in [0.1, 0.15) is 19.3 Å². The summed E-state index contributed by atoms with van der Waals surface area (Å²) in [5, 5.41) is 2.15. The first kappa shape index (κ1) is 13.3. The quantitative estimate of drug-likeness (QED) is 0.617. The highest BCUT2D eigenvalue weighted by atomic mass is 16.2. The fourth-order valence-corrected chi connectivity index (χ4v) is 2.70. The number of piperidine rings is 1. The van der Waals surface area contributed by atoms with Gasteiger partial charge in [-0.05, 0) is 12.5 Å². The van der Waals surface area contributed by atoms with Crippen molar-refractivity contribution in [3.8, 4) is 0 Å². The summed E-state index contributed by atoms with van der Waals surface area (Å²) < 4.78 is 0. The highest BCUT2D eigenvalue weighted by molar-refractivity contribution is 6.26.